The molecule has 0 fully saturated rings. The highest BCUT2D eigenvalue weighted by molar-refractivity contribution is 9.10. The molecule has 0 heterocycles. The Morgan fingerprint density at radius 2 is 1.77 bits per heavy atom. The third-order valence-corrected chi connectivity index (χ3v) is 3.33. The predicted molar refractivity (Wildman–Crippen MR) is 62.9 cm³/mol. The number of alkyl halides is 1. The average Bonchev–Trinajstić information content (AvgIpc) is 2.10. The first-order valence-corrected chi connectivity index (χ1v) is 6.02. The van der Waals surface area contributed by atoms with E-state index < -0.39 is 0 Å². The van der Waals surface area contributed by atoms with Crippen molar-refractivity contribution in [3.05, 3.63) is 27.7 Å². The summed E-state index contributed by atoms with van der Waals surface area (Å²) in [4.78, 5) is 0. The largest absolute Gasteiger partial charge is 0.493 e. The third kappa shape index (κ3) is 2.99. The maximum Gasteiger partial charge on any atom is 0.119 e. The second-order valence-electron chi connectivity index (χ2n) is 2.91. The second-order valence-corrected chi connectivity index (χ2v) is 4.49. The van der Waals surface area contributed by atoms with Crippen LogP contribution in [0.25, 0.3) is 0 Å². The zero-order valence-electron chi connectivity index (χ0n) is 7.73. The first-order valence-electron chi connectivity index (χ1n) is 4.10. The Kier molecular flexibility index (Phi) is 4.26. The normalized spacial score (nSPS) is 10.2. The first-order chi connectivity index (χ1) is 6.15. The third-order valence-electron chi connectivity index (χ3n) is 1.76. The summed E-state index contributed by atoms with van der Waals surface area (Å²) >= 11 is 6.84. The van der Waals surface area contributed by atoms with E-state index in [-0.39, 0.29) is 0 Å². The highest BCUT2D eigenvalue weighted by atomic mass is 79.9. The van der Waals surface area contributed by atoms with Crippen molar-refractivity contribution in [1.29, 1.82) is 0 Å². The van der Waals surface area contributed by atoms with Gasteiger partial charge >= 0.3 is 0 Å². The number of benzene rings is 1. The second kappa shape index (κ2) is 5.01. The van der Waals surface area contributed by atoms with Gasteiger partial charge in [0, 0.05) is 9.80 Å². The molecule has 0 N–H and O–H groups in total. The van der Waals surface area contributed by atoms with Crippen molar-refractivity contribution < 1.29 is 4.74 Å². The van der Waals surface area contributed by atoms with E-state index in [1.54, 1.807) is 0 Å². The molecule has 0 aliphatic heterocycles. The SMILES string of the molecule is Cc1cc(OCCBr)cc(C)c1Br. The molecule has 1 nitrogen and oxygen atoms in total. The van der Waals surface area contributed by atoms with Gasteiger partial charge in [0.1, 0.15) is 5.75 Å². The lowest BCUT2D eigenvalue weighted by Crippen LogP contribution is -1.98. The van der Waals surface area contributed by atoms with Crippen LogP contribution in [0.15, 0.2) is 16.6 Å². The molecule has 13 heavy (non-hydrogen) atoms. The Morgan fingerprint density at radius 1 is 1.23 bits per heavy atom. The number of rotatable bonds is 3. The highest BCUT2D eigenvalue weighted by Gasteiger charge is 2.02. The predicted octanol–water partition coefficient (Wildman–Crippen LogP) is 3.84. The van der Waals surface area contributed by atoms with E-state index in [0.717, 1.165) is 11.1 Å². The zero-order valence-corrected chi connectivity index (χ0v) is 10.9. The van der Waals surface area contributed by atoms with Crippen LogP contribution in [0, 0.1) is 13.8 Å². The molecule has 0 aliphatic carbocycles. The van der Waals surface area contributed by atoms with Gasteiger partial charge in [0.05, 0.1) is 6.61 Å². The van der Waals surface area contributed by atoms with Gasteiger partial charge in [-0.15, -0.1) is 0 Å². The van der Waals surface area contributed by atoms with E-state index in [1.165, 1.54) is 15.6 Å². The van der Waals surface area contributed by atoms with Crippen molar-refractivity contribution in [3.8, 4) is 5.75 Å². The summed E-state index contributed by atoms with van der Waals surface area (Å²) in [6.07, 6.45) is 0. The van der Waals surface area contributed by atoms with Crippen LogP contribution < -0.4 is 4.74 Å². The minimum atomic E-state index is 0.709. The van der Waals surface area contributed by atoms with Gasteiger partial charge in [0.2, 0.25) is 0 Å². The molecule has 3 heteroatoms. The maximum atomic E-state index is 5.50. The van der Waals surface area contributed by atoms with E-state index in [1.807, 2.05) is 12.1 Å². The van der Waals surface area contributed by atoms with E-state index in [2.05, 4.69) is 45.7 Å². The van der Waals surface area contributed by atoms with Crippen molar-refractivity contribution in [2.24, 2.45) is 0 Å². The van der Waals surface area contributed by atoms with Gasteiger partial charge in [0.15, 0.2) is 0 Å². The molecular weight excluding hydrogens is 296 g/mol. The quantitative estimate of drug-likeness (QED) is 0.771. The summed E-state index contributed by atoms with van der Waals surface area (Å²) < 4.78 is 6.67. The molecule has 0 radical (unpaired) electrons. The molecule has 1 aromatic rings. The Morgan fingerprint density at radius 3 is 2.23 bits per heavy atom. The average molecular weight is 308 g/mol. The first kappa shape index (κ1) is 11.1. The molecule has 0 amide bonds. The standard InChI is InChI=1S/C10H12Br2O/c1-7-5-9(13-4-3-11)6-8(2)10(7)12/h5-6H,3-4H2,1-2H3. The van der Waals surface area contributed by atoms with Gasteiger partial charge in [-0.05, 0) is 37.1 Å². The van der Waals surface area contributed by atoms with Crippen molar-refractivity contribution in [2.75, 3.05) is 11.9 Å². The molecule has 0 spiro atoms. The monoisotopic (exact) mass is 306 g/mol. The van der Waals surface area contributed by atoms with Crippen LogP contribution in [0.4, 0.5) is 0 Å². The summed E-state index contributed by atoms with van der Waals surface area (Å²) in [6.45, 7) is 4.84. The van der Waals surface area contributed by atoms with Crippen LogP contribution in [0.2, 0.25) is 0 Å². The fourth-order valence-electron chi connectivity index (χ4n) is 1.15. The lowest BCUT2D eigenvalue weighted by atomic mass is 10.1. The molecule has 1 rings (SSSR count). The fraction of sp³-hybridized carbons (Fsp3) is 0.400. The molecule has 0 aliphatic rings. The smallest absolute Gasteiger partial charge is 0.119 e. The van der Waals surface area contributed by atoms with Gasteiger partial charge in [0.25, 0.3) is 0 Å². The number of hydrogen-bond acceptors (Lipinski definition) is 1. The van der Waals surface area contributed by atoms with Crippen LogP contribution in [0.5, 0.6) is 5.75 Å². The van der Waals surface area contributed by atoms with E-state index >= 15 is 0 Å². The van der Waals surface area contributed by atoms with Gasteiger partial charge < -0.3 is 4.74 Å². The molecule has 0 bridgehead atoms. The number of hydrogen-bond donors (Lipinski definition) is 0. The molecule has 72 valence electrons. The number of ether oxygens (including phenoxy) is 1. The topological polar surface area (TPSA) is 9.23 Å². The molecule has 0 unspecified atom stereocenters. The minimum absolute atomic E-state index is 0.709. The lowest BCUT2D eigenvalue weighted by molar-refractivity contribution is 0.344. The zero-order chi connectivity index (χ0) is 9.84. The van der Waals surface area contributed by atoms with Gasteiger partial charge in [-0.25, -0.2) is 0 Å². The summed E-state index contributed by atoms with van der Waals surface area (Å²) in [5.74, 6) is 0.942. The highest BCUT2D eigenvalue weighted by Crippen LogP contribution is 2.26. The van der Waals surface area contributed by atoms with Gasteiger partial charge in [-0.3, -0.25) is 0 Å². The molecule has 1 aromatic carbocycles. The Labute approximate surface area is 95.7 Å². The van der Waals surface area contributed by atoms with Crippen molar-refractivity contribution in [1.82, 2.24) is 0 Å². The number of halogens is 2. The summed E-state index contributed by atoms with van der Waals surface area (Å²) in [5.41, 5.74) is 2.43. The summed E-state index contributed by atoms with van der Waals surface area (Å²) in [7, 11) is 0. The van der Waals surface area contributed by atoms with E-state index in [4.69, 9.17) is 4.74 Å². The van der Waals surface area contributed by atoms with Gasteiger partial charge in [-0.2, -0.15) is 0 Å². The Balaban J connectivity index is 2.86. The van der Waals surface area contributed by atoms with Crippen molar-refractivity contribution >= 4 is 31.9 Å². The van der Waals surface area contributed by atoms with Crippen LogP contribution in [0.3, 0.4) is 0 Å². The van der Waals surface area contributed by atoms with Crippen LogP contribution in [-0.2, 0) is 0 Å². The summed E-state index contributed by atoms with van der Waals surface area (Å²) in [6, 6.07) is 4.08. The Bertz CT molecular complexity index is 274. The minimum Gasteiger partial charge on any atom is -0.493 e. The molecule has 0 atom stereocenters. The molecule has 0 saturated carbocycles. The van der Waals surface area contributed by atoms with Crippen molar-refractivity contribution in [3.63, 3.8) is 0 Å². The molecule has 0 saturated heterocycles. The fourth-order valence-corrected chi connectivity index (χ4v) is 1.54. The molecular formula is C10H12Br2O. The molecule has 0 aromatic heterocycles. The van der Waals surface area contributed by atoms with Crippen LogP contribution in [0.1, 0.15) is 11.1 Å². The Hall–Kier alpha value is -0.0200. The lowest BCUT2D eigenvalue weighted by Gasteiger charge is -2.08. The van der Waals surface area contributed by atoms with E-state index in [0.29, 0.717) is 6.61 Å². The maximum absolute atomic E-state index is 5.50. The van der Waals surface area contributed by atoms with E-state index in [9.17, 15) is 0 Å². The summed E-state index contributed by atoms with van der Waals surface area (Å²) in [5, 5.41) is 0.862. The van der Waals surface area contributed by atoms with Crippen LogP contribution >= 0.6 is 31.9 Å². The number of aryl methyl sites for hydroxylation is 2. The van der Waals surface area contributed by atoms with Gasteiger partial charge in [-0.1, -0.05) is 31.9 Å². The van der Waals surface area contributed by atoms with Crippen molar-refractivity contribution in [2.45, 2.75) is 13.8 Å². The van der Waals surface area contributed by atoms with Crippen LogP contribution in [-0.4, -0.2) is 11.9 Å².